The maximum Gasteiger partial charge on any atom is 0.323 e. The Balaban J connectivity index is 0. The normalized spacial score (nSPS) is 13.8. The summed E-state index contributed by atoms with van der Waals surface area (Å²) >= 11 is 0. The lowest BCUT2D eigenvalue weighted by Crippen LogP contribution is -2.39. The number of hydrogen-bond acceptors (Lipinski definition) is 4. The number of aliphatic hydroxyl groups is 1. The van der Waals surface area contributed by atoms with Gasteiger partial charge in [-0.1, -0.05) is 0 Å². The molecule has 0 aliphatic rings. The average Bonchev–Trinajstić information content (AvgIpc) is 1.84. The SMILES string of the molecule is CC(C)=O.C[C@@H](O)[C@H](N)C(=O)O. The van der Waals surface area contributed by atoms with Crippen molar-refractivity contribution in [3.05, 3.63) is 0 Å². The van der Waals surface area contributed by atoms with Gasteiger partial charge < -0.3 is 20.7 Å². The molecule has 0 radical (unpaired) electrons. The first-order chi connectivity index (χ1) is 5.29. The van der Waals surface area contributed by atoms with Crippen molar-refractivity contribution in [2.24, 2.45) is 5.73 Å². The molecule has 0 fully saturated rings. The third-order valence-electron chi connectivity index (χ3n) is 0.805. The summed E-state index contributed by atoms with van der Waals surface area (Å²) in [5.74, 6) is -1.01. The maximum atomic E-state index is 9.86. The molecule has 5 heteroatoms. The molecule has 0 aromatic rings. The summed E-state index contributed by atoms with van der Waals surface area (Å²) in [5.41, 5.74) is 4.91. The zero-order valence-electron chi connectivity index (χ0n) is 7.44. The van der Waals surface area contributed by atoms with Gasteiger partial charge in [0, 0.05) is 0 Å². The van der Waals surface area contributed by atoms with Gasteiger partial charge in [-0.3, -0.25) is 4.79 Å². The van der Waals surface area contributed by atoms with Crippen LogP contribution < -0.4 is 5.73 Å². The van der Waals surface area contributed by atoms with E-state index in [2.05, 4.69) is 0 Å². The van der Waals surface area contributed by atoms with Crippen LogP contribution in [0.4, 0.5) is 0 Å². The molecule has 2 atom stereocenters. The molecule has 0 saturated carbocycles. The van der Waals surface area contributed by atoms with Gasteiger partial charge in [0.15, 0.2) is 0 Å². The standard InChI is InChI=1S/C4H9NO3.C3H6O/c1-2(6)3(5)4(7)8;1-3(2)4/h2-3,6H,5H2,1H3,(H,7,8);1-2H3/t2-,3+;/m1./s1. The summed E-state index contributed by atoms with van der Waals surface area (Å²) in [6.07, 6.45) is -0.979. The number of ketones is 1. The monoisotopic (exact) mass is 177 g/mol. The van der Waals surface area contributed by atoms with E-state index in [-0.39, 0.29) is 5.78 Å². The van der Waals surface area contributed by atoms with E-state index in [0.717, 1.165) is 0 Å². The van der Waals surface area contributed by atoms with Gasteiger partial charge >= 0.3 is 5.97 Å². The number of aliphatic carboxylic acids is 1. The van der Waals surface area contributed by atoms with Gasteiger partial charge in [-0.05, 0) is 20.8 Å². The first kappa shape index (κ1) is 13.6. The van der Waals surface area contributed by atoms with Crippen LogP contribution in [-0.2, 0) is 9.59 Å². The molecule has 0 aromatic heterocycles. The Labute approximate surface area is 71.2 Å². The molecular weight excluding hydrogens is 162 g/mol. The zero-order valence-corrected chi connectivity index (χ0v) is 7.44. The quantitative estimate of drug-likeness (QED) is 0.521. The molecule has 0 spiro atoms. The molecule has 0 aliphatic carbocycles. The molecule has 5 nitrogen and oxygen atoms in total. The predicted molar refractivity (Wildman–Crippen MR) is 43.6 cm³/mol. The van der Waals surface area contributed by atoms with Gasteiger partial charge in [0.2, 0.25) is 0 Å². The molecule has 0 unspecified atom stereocenters. The molecule has 0 aliphatic heterocycles. The van der Waals surface area contributed by atoms with E-state index in [1.165, 1.54) is 20.8 Å². The lowest BCUT2D eigenvalue weighted by molar-refractivity contribution is -0.140. The van der Waals surface area contributed by atoms with Crippen molar-refractivity contribution in [3.63, 3.8) is 0 Å². The van der Waals surface area contributed by atoms with E-state index in [1.807, 2.05) is 0 Å². The number of nitrogens with two attached hydrogens (primary N) is 1. The van der Waals surface area contributed by atoms with Crippen LogP contribution in [0.1, 0.15) is 20.8 Å². The molecule has 0 heterocycles. The summed E-state index contributed by atoms with van der Waals surface area (Å²) in [6, 6.07) is -1.16. The van der Waals surface area contributed by atoms with Crippen molar-refractivity contribution in [3.8, 4) is 0 Å². The highest BCUT2D eigenvalue weighted by atomic mass is 16.4. The molecule has 0 saturated heterocycles. The first-order valence-electron chi connectivity index (χ1n) is 3.42. The highest BCUT2D eigenvalue weighted by molar-refractivity contribution is 5.73. The van der Waals surface area contributed by atoms with Crippen molar-refractivity contribution in [2.75, 3.05) is 0 Å². The molecule has 0 amide bonds. The van der Waals surface area contributed by atoms with E-state index < -0.39 is 18.1 Å². The highest BCUT2D eigenvalue weighted by Gasteiger charge is 2.16. The second-order valence-corrected chi connectivity index (χ2v) is 2.51. The van der Waals surface area contributed by atoms with Crippen molar-refractivity contribution in [2.45, 2.75) is 32.9 Å². The molecule has 12 heavy (non-hydrogen) atoms. The van der Waals surface area contributed by atoms with E-state index in [9.17, 15) is 9.59 Å². The number of carboxylic acids is 1. The summed E-state index contributed by atoms with van der Waals surface area (Å²) in [4.78, 5) is 19.3. The second kappa shape index (κ2) is 6.75. The second-order valence-electron chi connectivity index (χ2n) is 2.51. The van der Waals surface area contributed by atoms with Gasteiger partial charge in [0.25, 0.3) is 0 Å². The van der Waals surface area contributed by atoms with Crippen molar-refractivity contribution < 1.29 is 19.8 Å². The van der Waals surface area contributed by atoms with Gasteiger partial charge in [0.05, 0.1) is 6.10 Å². The van der Waals surface area contributed by atoms with Crippen molar-refractivity contribution in [1.29, 1.82) is 0 Å². The van der Waals surface area contributed by atoms with Gasteiger partial charge in [0.1, 0.15) is 11.8 Å². The Bertz CT molecular complexity index is 151. The fourth-order valence-corrected chi connectivity index (χ4v) is 0.206. The van der Waals surface area contributed by atoms with Crippen LogP contribution in [0.5, 0.6) is 0 Å². The molecule has 72 valence electrons. The number of carboxylic acid groups (broad SMARTS) is 1. The molecule has 0 bridgehead atoms. The van der Waals surface area contributed by atoms with Crippen molar-refractivity contribution in [1.82, 2.24) is 0 Å². The number of aliphatic hydroxyl groups excluding tert-OH is 1. The molecular formula is C7H15NO4. The molecule has 0 aromatic carbocycles. The smallest absolute Gasteiger partial charge is 0.323 e. The van der Waals surface area contributed by atoms with Crippen LogP contribution >= 0.6 is 0 Å². The minimum absolute atomic E-state index is 0.167. The summed E-state index contributed by atoms with van der Waals surface area (Å²) in [5, 5.41) is 16.6. The van der Waals surface area contributed by atoms with E-state index >= 15 is 0 Å². The summed E-state index contributed by atoms with van der Waals surface area (Å²) in [7, 11) is 0. The van der Waals surface area contributed by atoms with Crippen LogP contribution in [0.3, 0.4) is 0 Å². The number of Topliss-reactive ketones (excluding diaryl/α,β-unsaturated/α-hetero) is 1. The average molecular weight is 177 g/mol. The van der Waals surface area contributed by atoms with Crippen LogP contribution in [0.25, 0.3) is 0 Å². The Hall–Kier alpha value is -0.940. The fraction of sp³-hybridized carbons (Fsp3) is 0.714. The van der Waals surface area contributed by atoms with Crippen molar-refractivity contribution >= 4 is 11.8 Å². The Kier molecular flexibility index (Phi) is 7.67. The summed E-state index contributed by atoms with van der Waals surface area (Å²) < 4.78 is 0. The largest absolute Gasteiger partial charge is 0.480 e. The van der Waals surface area contributed by atoms with Gasteiger partial charge in [-0.25, -0.2) is 0 Å². The zero-order chi connectivity index (χ0) is 10.3. The molecule has 0 rings (SSSR count). The Morgan fingerprint density at radius 1 is 1.33 bits per heavy atom. The summed E-state index contributed by atoms with van der Waals surface area (Å²) in [6.45, 7) is 4.39. The minimum atomic E-state index is -1.18. The highest BCUT2D eigenvalue weighted by Crippen LogP contribution is 1.85. The van der Waals surface area contributed by atoms with Crippen LogP contribution in [0.15, 0.2) is 0 Å². The first-order valence-corrected chi connectivity index (χ1v) is 3.42. The number of carbonyl (C=O) groups excluding carboxylic acids is 1. The topological polar surface area (TPSA) is 101 Å². The Morgan fingerprint density at radius 3 is 1.58 bits per heavy atom. The van der Waals surface area contributed by atoms with Crippen LogP contribution in [-0.4, -0.2) is 34.1 Å². The van der Waals surface area contributed by atoms with Crippen LogP contribution in [0, 0.1) is 0 Å². The number of carbonyl (C=O) groups is 2. The van der Waals surface area contributed by atoms with Gasteiger partial charge in [-0.15, -0.1) is 0 Å². The van der Waals surface area contributed by atoms with E-state index in [4.69, 9.17) is 15.9 Å². The molecule has 4 N–H and O–H groups in total. The number of hydrogen-bond donors (Lipinski definition) is 3. The lowest BCUT2D eigenvalue weighted by atomic mass is 10.2. The predicted octanol–water partition coefficient (Wildman–Crippen LogP) is -0.626. The fourth-order valence-electron chi connectivity index (χ4n) is 0.206. The minimum Gasteiger partial charge on any atom is -0.480 e. The van der Waals surface area contributed by atoms with E-state index in [0.29, 0.717) is 0 Å². The lowest BCUT2D eigenvalue weighted by Gasteiger charge is -2.06. The maximum absolute atomic E-state index is 9.86. The van der Waals surface area contributed by atoms with Gasteiger partial charge in [-0.2, -0.15) is 0 Å². The third kappa shape index (κ3) is 11.8. The number of rotatable bonds is 2. The van der Waals surface area contributed by atoms with Crippen LogP contribution in [0.2, 0.25) is 0 Å². The Morgan fingerprint density at radius 2 is 1.58 bits per heavy atom. The third-order valence-corrected chi connectivity index (χ3v) is 0.805. The van der Waals surface area contributed by atoms with E-state index in [1.54, 1.807) is 0 Å².